The van der Waals surface area contributed by atoms with E-state index in [0.29, 0.717) is 29.7 Å². The summed E-state index contributed by atoms with van der Waals surface area (Å²) in [6.07, 6.45) is -0.949. The number of aromatic carboxylic acids is 1. The molecular weight excluding hydrogens is 359 g/mol. The Labute approximate surface area is 145 Å². The van der Waals surface area contributed by atoms with Crippen LogP contribution in [0.4, 0.5) is 13.2 Å². The van der Waals surface area contributed by atoms with Gasteiger partial charge in [0.2, 0.25) is 0 Å². The first kappa shape index (κ1) is 17.3. The number of carbonyl (C=O) groups is 1. The van der Waals surface area contributed by atoms with Crippen molar-refractivity contribution in [3.63, 3.8) is 0 Å². The molecule has 0 bridgehead atoms. The Kier molecular flexibility index (Phi) is 4.43. The number of hydrogen-bond donors (Lipinski definition) is 1. The average molecular weight is 370 g/mol. The van der Waals surface area contributed by atoms with E-state index in [2.05, 4.69) is 9.72 Å². The molecule has 1 aliphatic rings. The summed E-state index contributed by atoms with van der Waals surface area (Å²) in [5.74, 6) is -1.51. The second-order valence-electron chi connectivity index (χ2n) is 5.50. The second-order valence-corrected chi connectivity index (χ2v) is 5.90. The lowest BCUT2D eigenvalue weighted by atomic mass is 10.0. The third-order valence-corrected chi connectivity index (χ3v) is 4.03. The summed E-state index contributed by atoms with van der Waals surface area (Å²) in [4.78, 5) is 15.4. The van der Waals surface area contributed by atoms with Crippen LogP contribution in [0.15, 0.2) is 36.0 Å². The summed E-state index contributed by atoms with van der Waals surface area (Å²) in [6, 6.07) is 5.59. The van der Waals surface area contributed by atoms with Gasteiger partial charge in [-0.3, -0.25) is 4.98 Å². The zero-order chi connectivity index (χ0) is 18.2. The van der Waals surface area contributed by atoms with E-state index >= 15 is 0 Å². The minimum atomic E-state index is -4.83. The van der Waals surface area contributed by atoms with Crippen molar-refractivity contribution in [2.75, 3.05) is 0 Å². The molecule has 0 amide bonds. The zero-order valence-corrected chi connectivity index (χ0v) is 13.4. The molecule has 3 rings (SSSR count). The van der Waals surface area contributed by atoms with E-state index in [1.54, 1.807) is 12.1 Å². The Bertz CT molecular complexity index is 878. The number of fused-ring (bicyclic) bond motifs is 1. The van der Waals surface area contributed by atoms with Gasteiger partial charge in [-0.25, -0.2) is 4.79 Å². The van der Waals surface area contributed by atoms with Crippen LogP contribution in [-0.4, -0.2) is 22.4 Å². The molecule has 1 aromatic carbocycles. The van der Waals surface area contributed by atoms with Gasteiger partial charge >= 0.3 is 12.3 Å². The van der Waals surface area contributed by atoms with Gasteiger partial charge in [-0.2, -0.15) is 0 Å². The molecule has 0 spiro atoms. The summed E-state index contributed by atoms with van der Waals surface area (Å²) in [7, 11) is 0. The quantitative estimate of drug-likeness (QED) is 0.861. The normalized spacial score (nSPS) is 13.4. The van der Waals surface area contributed by atoms with Crippen LogP contribution in [0, 0.1) is 0 Å². The molecule has 0 saturated carbocycles. The molecule has 8 heteroatoms. The van der Waals surface area contributed by atoms with Crippen molar-refractivity contribution in [2.24, 2.45) is 0 Å². The highest BCUT2D eigenvalue weighted by molar-refractivity contribution is 6.32. The number of carboxylic acids is 1. The Morgan fingerprint density at radius 3 is 2.76 bits per heavy atom. The van der Waals surface area contributed by atoms with Gasteiger partial charge in [0.25, 0.3) is 0 Å². The van der Waals surface area contributed by atoms with E-state index in [9.17, 15) is 23.1 Å². The van der Waals surface area contributed by atoms with Crippen molar-refractivity contribution < 1.29 is 27.8 Å². The topological polar surface area (TPSA) is 59.4 Å². The molecule has 0 saturated heterocycles. The summed E-state index contributed by atoms with van der Waals surface area (Å²) >= 11 is 5.73. The Balaban J connectivity index is 1.82. The van der Waals surface area contributed by atoms with Crippen LogP contribution in [0.2, 0.25) is 5.02 Å². The van der Waals surface area contributed by atoms with Gasteiger partial charge in [0.05, 0.1) is 16.3 Å². The molecule has 1 N–H and O–H groups in total. The number of benzene rings is 1. The molecule has 25 heavy (non-hydrogen) atoms. The minimum absolute atomic E-state index is 0.139. The molecule has 0 aliphatic heterocycles. The summed E-state index contributed by atoms with van der Waals surface area (Å²) in [5, 5.41) is 9.07. The maximum absolute atomic E-state index is 12.4. The molecular formula is C17H11ClF3NO3. The Morgan fingerprint density at radius 2 is 2.08 bits per heavy atom. The summed E-state index contributed by atoms with van der Waals surface area (Å²) < 4.78 is 41.1. The van der Waals surface area contributed by atoms with Gasteiger partial charge in [-0.1, -0.05) is 23.2 Å². The van der Waals surface area contributed by atoms with Gasteiger partial charge in [0.15, 0.2) is 0 Å². The van der Waals surface area contributed by atoms with Crippen molar-refractivity contribution in [3.05, 3.63) is 63.4 Å². The third kappa shape index (κ3) is 3.93. The van der Waals surface area contributed by atoms with Crippen LogP contribution in [0.25, 0.3) is 6.08 Å². The summed E-state index contributed by atoms with van der Waals surface area (Å²) in [6.45, 7) is 0. The fourth-order valence-corrected chi connectivity index (χ4v) is 2.88. The largest absolute Gasteiger partial charge is 0.573 e. The van der Waals surface area contributed by atoms with Crippen molar-refractivity contribution >= 4 is 23.6 Å². The first-order valence-corrected chi connectivity index (χ1v) is 7.55. The number of aromatic nitrogens is 1. The number of ether oxygens (including phenoxy) is 1. The number of halogens is 4. The van der Waals surface area contributed by atoms with Crippen LogP contribution in [0.3, 0.4) is 0 Å². The lowest BCUT2D eigenvalue weighted by Gasteiger charge is -2.12. The number of carboxylic acid groups (broad SMARTS) is 1. The lowest BCUT2D eigenvalue weighted by molar-refractivity contribution is -0.274. The van der Waals surface area contributed by atoms with Gasteiger partial charge in [0, 0.05) is 6.20 Å². The second kappa shape index (κ2) is 6.40. The number of alkyl halides is 3. The monoisotopic (exact) mass is 369 g/mol. The fourth-order valence-electron chi connectivity index (χ4n) is 2.73. The van der Waals surface area contributed by atoms with Gasteiger partial charge in [0.1, 0.15) is 5.75 Å². The van der Waals surface area contributed by atoms with E-state index in [0.717, 1.165) is 5.57 Å². The van der Waals surface area contributed by atoms with Crippen LogP contribution in [0.5, 0.6) is 5.75 Å². The third-order valence-electron chi connectivity index (χ3n) is 3.72. The highest BCUT2D eigenvalue weighted by Gasteiger charge is 2.32. The zero-order valence-electron chi connectivity index (χ0n) is 12.6. The molecule has 0 fully saturated rings. The van der Waals surface area contributed by atoms with Gasteiger partial charge in [-0.15, -0.1) is 13.2 Å². The number of pyridine rings is 1. The molecule has 1 aromatic heterocycles. The first-order chi connectivity index (χ1) is 11.7. The van der Waals surface area contributed by atoms with Crippen molar-refractivity contribution in [1.29, 1.82) is 0 Å². The standard InChI is InChI=1S/C17H11ClF3NO3/c18-13-2-1-9(8-15(13)25-17(19,20)21)5-10-6-12-11(16(23)24)3-4-22-14(12)7-10/h1-4,7-8H,5-6H2,(H,23,24). The first-order valence-electron chi connectivity index (χ1n) is 7.18. The Morgan fingerprint density at radius 1 is 1.32 bits per heavy atom. The fraction of sp³-hybridized carbons (Fsp3) is 0.176. The minimum Gasteiger partial charge on any atom is -0.478 e. The van der Waals surface area contributed by atoms with Gasteiger partial charge in [-0.05, 0) is 48.2 Å². The maximum atomic E-state index is 12.4. The van der Waals surface area contributed by atoms with Crippen LogP contribution < -0.4 is 4.74 Å². The lowest BCUT2D eigenvalue weighted by Crippen LogP contribution is -2.17. The highest BCUT2D eigenvalue weighted by Crippen LogP contribution is 2.33. The number of rotatable bonds is 4. The molecule has 1 aliphatic carbocycles. The maximum Gasteiger partial charge on any atom is 0.573 e. The van der Waals surface area contributed by atoms with Crippen LogP contribution in [-0.2, 0) is 12.8 Å². The smallest absolute Gasteiger partial charge is 0.478 e. The van der Waals surface area contributed by atoms with E-state index in [4.69, 9.17) is 11.6 Å². The van der Waals surface area contributed by atoms with E-state index in [-0.39, 0.29) is 10.6 Å². The number of allylic oxidation sites excluding steroid dienone is 1. The van der Waals surface area contributed by atoms with Crippen LogP contribution >= 0.6 is 11.6 Å². The molecule has 0 radical (unpaired) electrons. The predicted molar refractivity (Wildman–Crippen MR) is 84.7 cm³/mol. The Hall–Kier alpha value is -2.54. The predicted octanol–water partition coefficient (Wildman–Crippen LogP) is 4.51. The van der Waals surface area contributed by atoms with E-state index < -0.39 is 18.1 Å². The van der Waals surface area contributed by atoms with E-state index in [1.165, 1.54) is 24.4 Å². The van der Waals surface area contributed by atoms with Crippen molar-refractivity contribution in [3.8, 4) is 5.75 Å². The van der Waals surface area contributed by atoms with E-state index in [1.807, 2.05) is 0 Å². The SMILES string of the molecule is O=C(O)c1ccnc2c1CC(Cc1ccc(Cl)c(OC(F)(F)F)c1)=C2. The molecule has 0 unspecified atom stereocenters. The molecule has 4 nitrogen and oxygen atoms in total. The van der Waals surface area contributed by atoms with Crippen molar-refractivity contribution in [2.45, 2.75) is 19.2 Å². The summed E-state index contributed by atoms with van der Waals surface area (Å²) in [5.41, 5.74) is 2.76. The number of nitrogens with zero attached hydrogens (tertiary/aromatic N) is 1. The van der Waals surface area contributed by atoms with Crippen LogP contribution in [0.1, 0.15) is 27.2 Å². The van der Waals surface area contributed by atoms with Gasteiger partial charge < -0.3 is 9.84 Å². The molecule has 130 valence electrons. The molecule has 0 atom stereocenters. The molecule has 2 aromatic rings. The molecule has 1 heterocycles. The van der Waals surface area contributed by atoms with Crippen molar-refractivity contribution in [1.82, 2.24) is 4.98 Å². The highest BCUT2D eigenvalue weighted by atomic mass is 35.5. The number of hydrogen-bond acceptors (Lipinski definition) is 3. The average Bonchev–Trinajstić information content (AvgIpc) is 2.91.